The molecule has 0 spiro atoms. The SMILES string of the molecule is C#CCCCC1N[C@H](C(=O)O)CS1. The average molecular weight is 199 g/mol. The van der Waals surface area contributed by atoms with Crippen LogP contribution in [-0.4, -0.2) is 28.2 Å². The standard InChI is InChI=1S/C9H13NO2S/c1-2-3-4-5-8-10-7(6-13-8)9(11)12/h1,7-8,10H,3-6H2,(H,11,12)/t7-,8?/m0/s1. The first-order valence-corrected chi connectivity index (χ1v) is 5.33. The molecule has 1 aliphatic rings. The number of unbranched alkanes of at least 4 members (excludes halogenated alkanes) is 1. The van der Waals surface area contributed by atoms with Gasteiger partial charge in [0.05, 0.1) is 5.37 Å². The van der Waals surface area contributed by atoms with Gasteiger partial charge in [0.25, 0.3) is 0 Å². The summed E-state index contributed by atoms with van der Waals surface area (Å²) in [5.74, 6) is 2.48. The molecule has 0 aromatic carbocycles. The topological polar surface area (TPSA) is 49.3 Å². The van der Waals surface area contributed by atoms with Gasteiger partial charge < -0.3 is 5.11 Å². The number of hydrogen-bond donors (Lipinski definition) is 2. The number of carboxylic acids is 1. The quantitative estimate of drug-likeness (QED) is 0.522. The van der Waals surface area contributed by atoms with Crippen molar-refractivity contribution in [3.63, 3.8) is 0 Å². The molecular formula is C9H13NO2S. The molecule has 3 nitrogen and oxygen atoms in total. The van der Waals surface area contributed by atoms with Crippen LogP contribution >= 0.6 is 11.8 Å². The zero-order chi connectivity index (χ0) is 9.68. The van der Waals surface area contributed by atoms with Crippen LogP contribution in [0.3, 0.4) is 0 Å². The predicted molar refractivity (Wildman–Crippen MR) is 53.5 cm³/mol. The molecule has 0 aliphatic carbocycles. The number of rotatable bonds is 4. The lowest BCUT2D eigenvalue weighted by molar-refractivity contribution is -0.138. The van der Waals surface area contributed by atoms with E-state index in [0.717, 1.165) is 19.3 Å². The van der Waals surface area contributed by atoms with Crippen LogP contribution in [0.15, 0.2) is 0 Å². The van der Waals surface area contributed by atoms with Crippen molar-refractivity contribution in [2.24, 2.45) is 0 Å². The number of hydrogen-bond acceptors (Lipinski definition) is 3. The summed E-state index contributed by atoms with van der Waals surface area (Å²) in [4.78, 5) is 10.6. The van der Waals surface area contributed by atoms with Crippen molar-refractivity contribution >= 4 is 17.7 Å². The van der Waals surface area contributed by atoms with Crippen molar-refractivity contribution in [1.82, 2.24) is 5.32 Å². The minimum atomic E-state index is -0.757. The second kappa shape index (κ2) is 5.15. The van der Waals surface area contributed by atoms with E-state index in [2.05, 4.69) is 11.2 Å². The third-order valence-electron chi connectivity index (χ3n) is 1.94. The van der Waals surface area contributed by atoms with E-state index < -0.39 is 5.97 Å². The molecule has 1 saturated heterocycles. The summed E-state index contributed by atoms with van der Waals surface area (Å²) in [6, 6.07) is -0.374. The van der Waals surface area contributed by atoms with Crippen molar-refractivity contribution in [3.8, 4) is 12.3 Å². The lowest BCUT2D eigenvalue weighted by Crippen LogP contribution is -2.36. The third-order valence-corrected chi connectivity index (χ3v) is 3.24. The smallest absolute Gasteiger partial charge is 0.321 e. The molecule has 1 rings (SSSR count). The zero-order valence-corrected chi connectivity index (χ0v) is 8.14. The van der Waals surface area contributed by atoms with Gasteiger partial charge >= 0.3 is 5.97 Å². The minimum Gasteiger partial charge on any atom is -0.480 e. The highest BCUT2D eigenvalue weighted by molar-refractivity contribution is 8.00. The average Bonchev–Trinajstić information content (AvgIpc) is 2.53. The van der Waals surface area contributed by atoms with Crippen molar-refractivity contribution in [2.45, 2.75) is 30.7 Å². The van der Waals surface area contributed by atoms with Crippen molar-refractivity contribution < 1.29 is 9.90 Å². The van der Waals surface area contributed by atoms with Gasteiger partial charge in [0, 0.05) is 12.2 Å². The van der Waals surface area contributed by atoms with Crippen molar-refractivity contribution in [1.29, 1.82) is 0 Å². The van der Waals surface area contributed by atoms with Gasteiger partial charge in [0.1, 0.15) is 6.04 Å². The lowest BCUT2D eigenvalue weighted by atomic mass is 10.2. The van der Waals surface area contributed by atoms with Crippen LogP contribution in [-0.2, 0) is 4.79 Å². The number of thioether (sulfide) groups is 1. The van der Waals surface area contributed by atoms with Gasteiger partial charge in [-0.1, -0.05) is 0 Å². The highest BCUT2D eigenvalue weighted by Gasteiger charge is 2.28. The molecule has 0 bridgehead atoms. The molecule has 2 N–H and O–H groups in total. The fraction of sp³-hybridized carbons (Fsp3) is 0.667. The Bertz CT molecular complexity index is 224. The number of carbonyl (C=O) groups is 1. The van der Waals surface area contributed by atoms with Gasteiger partial charge in [-0.2, -0.15) is 0 Å². The summed E-state index contributed by atoms with van der Waals surface area (Å²) < 4.78 is 0. The largest absolute Gasteiger partial charge is 0.480 e. The first-order chi connectivity index (χ1) is 6.24. The Balaban J connectivity index is 2.18. The summed E-state index contributed by atoms with van der Waals surface area (Å²) in [5.41, 5.74) is 0. The van der Waals surface area contributed by atoms with E-state index in [1.54, 1.807) is 11.8 Å². The molecule has 1 heterocycles. The Morgan fingerprint density at radius 3 is 3.08 bits per heavy atom. The van der Waals surface area contributed by atoms with Gasteiger partial charge in [-0.15, -0.1) is 24.1 Å². The van der Waals surface area contributed by atoms with E-state index in [-0.39, 0.29) is 11.4 Å². The first-order valence-electron chi connectivity index (χ1n) is 4.28. The number of nitrogens with one attached hydrogen (secondary N) is 1. The second-order valence-corrected chi connectivity index (χ2v) is 4.21. The third kappa shape index (κ3) is 3.29. The number of terminal acetylenes is 1. The maximum atomic E-state index is 10.6. The van der Waals surface area contributed by atoms with Crippen LogP contribution in [0, 0.1) is 12.3 Å². The van der Waals surface area contributed by atoms with Crippen LogP contribution in [0.4, 0.5) is 0 Å². The first kappa shape index (κ1) is 10.4. The van der Waals surface area contributed by atoms with E-state index in [1.165, 1.54) is 0 Å². The summed E-state index contributed by atoms with van der Waals surface area (Å²) in [7, 11) is 0. The molecule has 4 heteroatoms. The fourth-order valence-corrected chi connectivity index (χ4v) is 2.49. The summed E-state index contributed by atoms with van der Waals surface area (Å²) in [6.07, 6.45) is 7.81. The normalized spacial score (nSPS) is 27.0. The van der Waals surface area contributed by atoms with Crippen LogP contribution in [0.1, 0.15) is 19.3 Å². The molecule has 1 unspecified atom stereocenters. The zero-order valence-electron chi connectivity index (χ0n) is 7.32. The maximum absolute atomic E-state index is 10.6. The molecule has 2 atom stereocenters. The number of carboxylic acid groups (broad SMARTS) is 1. The van der Waals surface area contributed by atoms with E-state index in [4.69, 9.17) is 11.5 Å². The summed E-state index contributed by atoms with van der Waals surface area (Å²) in [5, 5.41) is 12.0. The van der Waals surface area contributed by atoms with Crippen molar-refractivity contribution in [2.75, 3.05) is 5.75 Å². The highest BCUT2D eigenvalue weighted by atomic mass is 32.2. The van der Waals surface area contributed by atoms with Gasteiger partial charge in [0.2, 0.25) is 0 Å². The molecule has 13 heavy (non-hydrogen) atoms. The second-order valence-electron chi connectivity index (χ2n) is 2.98. The predicted octanol–water partition coefficient (Wildman–Crippen LogP) is 0.906. The molecule has 1 aliphatic heterocycles. The highest BCUT2D eigenvalue weighted by Crippen LogP contribution is 2.22. The van der Waals surface area contributed by atoms with Crippen LogP contribution < -0.4 is 5.32 Å². The lowest BCUT2D eigenvalue weighted by Gasteiger charge is -2.08. The summed E-state index contributed by atoms with van der Waals surface area (Å²) in [6.45, 7) is 0. The Morgan fingerprint density at radius 2 is 2.54 bits per heavy atom. The minimum absolute atomic E-state index is 0.273. The maximum Gasteiger partial charge on any atom is 0.321 e. The molecule has 0 saturated carbocycles. The Kier molecular flexibility index (Phi) is 4.13. The van der Waals surface area contributed by atoms with Gasteiger partial charge in [0.15, 0.2) is 0 Å². The Hall–Kier alpha value is -0.660. The number of aliphatic carboxylic acids is 1. The molecule has 0 radical (unpaired) electrons. The van der Waals surface area contributed by atoms with Crippen molar-refractivity contribution in [3.05, 3.63) is 0 Å². The Morgan fingerprint density at radius 1 is 1.77 bits per heavy atom. The van der Waals surface area contributed by atoms with Crippen LogP contribution in [0.2, 0.25) is 0 Å². The van der Waals surface area contributed by atoms with E-state index in [1.807, 2.05) is 0 Å². The van der Waals surface area contributed by atoms with Crippen LogP contribution in [0.25, 0.3) is 0 Å². The molecule has 0 aromatic rings. The van der Waals surface area contributed by atoms with Gasteiger partial charge in [-0.25, -0.2) is 0 Å². The molecule has 1 fully saturated rings. The van der Waals surface area contributed by atoms with E-state index in [9.17, 15) is 4.79 Å². The molecule has 0 aromatic heterocycles. The monoisotopic (exact) mass is 199 g/mol. The van der Waals surface area contributed by atoms with E-state index in [0.29, 0.717) is 5.75 Å². The summed E-state index contributed by atoms with van der Waals surface area (Å²) >= 11 is 1.67. The molecule has 72 valence electrons. The van der Waals surface area contributed by atoms with E-state index >= 15 is 0 Å². The molecular weight excluding hydrogens is 186 g/mol. The fourth-order valence-electron chi connectivity index (χ4n) is 1.23. The Labute approximate surface area is 82.3 Å². The van der Waals surface area contributed by atoms with Gasteiger partial charge in [-0.3, -0.25) is 10.1 Å². The van der Waals surface area contributed by atoms with Crippen LogP contribution in [0.5, 0.6) is 0 Å². The molecule has 0 amide bonds. The van der Waals surface area contributed by atoms with Gasteiger partial charge in [-0.05, 0) is 12.8 Å².